The molecule has 2 aliphatic rings. The monoisotopic (exact) mass is 512 g/mol. The molecule has 0 bridgehead atoms. The minimum absolute atomic E-state index is 0.0967. The van der Waals surface area contributed by atoms with Gasteiger partial charge in [0.1, 0.15) is 17.4 Å². The third kappa shape index (κ3) is 6.25. The van der Waals surface area contributed by atoms with Gasteiger partial charge in [-0.15, -0.1) is 0 Å². The Morgan fingerprint density at radius 3 is 1.83 bits per heavy atom. The van der Waals surface area contributed by atoms with E-state index in [1.54, 1.807) is 0 Å². The topological polar surface area (TPSA) is 29.5 Å². The Morgan fingerprint density at radius 2 is 1.31 bits per heavy atom. The van der Waals surface area contributed by atoms with Crippen LogP contribution in [0.3, 0.4) is 0 Å². The minimum atomic E-state index is -3.47. The summed E-state index contributed by atoms with van der Waals surface area (Å²) in [5, 5.41) is 9.11. The molecule has 0 heterocycles. The van der Waals surface area contributed by atoms with Crippen molar-refractivity contribution in [1.82, 2.24) is 0 Å². The fourth-order valence-corrected chi connectivity index (χ4v) is 5.46. The van der Waals surface area contributed by atoms with Crippen molar-refractivity contribution in [2.75, 3.05) is 0 Å². The fourth-order valence-electron chi connectivity index (χ4n) is 5.46. The maximum Gasteiger partial charge on any atom is 0.400 e. The summed E-state index contributed by atoms with van der Waals surface area (Å²) in [7, 11) is 0. The van der Waals surface area contributed by atoms with E-state index < -0.39 is 47.7 Å². The lowest BCUT2D eigenvalue weighted by molar-refractivity contribution is -0.223. The zero-order valence-electron chi connectivity index (χ0n) is 19.8. The van der Waals surface area contributed by atoms with Gasteiger partial charge in [0.2, 0.25) is 0 Å². The molecule has 8 heteroatoms. The molecule has 0 spiro atoms. The van der Waals surface area contributed by atoms with Gasteiger partial charge in [-0.3, -0.25) is 0 Å². The average molecular weight is 513 g/mol. The van der Waals surface area contributed by atoms with Crippen molar-refractivity contribution < 1.29 is 36.2 Å². The van der Waals surface area contributed by atoms with Crippen molar-refractivity contribution in [3.8, 4) is 5.75 Å². The number of halogens is 6. The lowest BCUT2D eigenvalue weighted by Crippen LogP contribution is -2.37. The zero-order valence-corrected chi connectivity index (χ0v) is 19.8. The second-order valence-electron chi connectivity index (χ2n) is 9.98. The highest BCUT2D eigenvalue weighted by atomic mass is 19.3. The summed E-state index contributed by atoms with van der Waals surface area (Å²) >= 11 is 0. The molecule has 0 unspecified atom stereocenters. The molecule has 2 aromatic rings. The van der Waals surface area contributed by atoms with E-state index in [1.807, 2.05) is 0 Å². The SMILES string of the molecule is OCc1cc(F)c(C2CCC(/C=C/C3CCC(C(F)(F)Oc4ccc(F)c(F)c4)CC3)CC2)c(F)c1. The molecular formula is C28H30F6O2. The van der Waals surface area contributed by atoms with Crippen molar-refractivity contribution in [2.45, 2.75) is 70.0 Å². The van der Waals surface area contributed by atoms with Crippen LogP contribution in [0.2, 0.25) is 0 Å². The van der Waals surface area contributed by atoms with Crippen LogP contribution < -0.4 is 4.74 Å². The average Bonchev–Trinajstić information content (AvgIpc) is 2.85. The highest BCUT2D eigenvalue weighted by Gasteiger charge is 2.43. The molecule has 4 rings (SSSR count). The van der Waals surface area contributed by atoms with Crippen molar-refractivity contribution in [3.05, 3.63) is 76.9 Å². The van der Waals surface area contributed by atoms with E-state index in [2.05, 4.69) is 12.2 Å². The number of ether oxygens (including phenoxy) is 1. The smallest absolute Gasteiger partial charge is 0.400 e. The van der Waals surface area contributed by atoms with Crippen LogP contribution in [0.1, 0.15) is 68.4 Å². The number of aliphatic hydroxyl groups is 1. The van der Waals surface area contributed by atoms with E-state index in [0.29, 0.717) is 31.7 Å². The molecule has 0 saturated heterocycles. The normalized spacial score (nSPS) is 25.3. The number of hydrogen-bond acceptors (Lipinski definition) is 2. The first-order valence-corrected chi connectivity index (χ1v) is 12.4. The summed E-state index contributed by atoms with van der Waals surface area (Å²) in [6.45, 7) is -0.410. The molecule has 196 valence electrons. The number of alkyl halides is 2. The highest BCUT2D eigenvalue weighted by Crippen LogP contribution is 2.42. The van der Waals surface area contributed by atoms with Crippen molar-refractivity contribution in [1.29, 1.82) is 0 Å². The molecule has 2 saturated carbocycles. The fraction of sp³-hybridized carbons (Fsp3) is 0.500. The van der Waals surface area contributed by atoms with Crippen LogP contribution >= 0.6 is 0 Å². The van der Waals surface area contributed by atoms with Crippen LogP contribution in [0.4, 0.5) is 26.3 Å². The summed E-state index contributed by atoms with van der Waals surface area (Å²) in [5.74, 6) is -4.74. The minimum Gasteiger partial charge on any atom is -0.432 e. The van der Waals surface area contributed by atoms with Gasteiger partial charge in [-0.05, 0) is 98.9 Å². The van der Waals surface area contributed by atoms with Crippen LogP contribution in [-0.2, 0) is 6.61 Å². The van der Waals surface area contributed by atoms with E-state index in [4.69, 9.17) is 9.84 Å². The Kier molecular flexibility index (Phi) is 8.33. The number of hydrogen-bond donors (Lipinski definition) is 1. The number of rotatable bonds is 7. The molecule has 0 atom stereocenters. The second kappa shape index (κ2) is 11.3. The number of allylic oxidation sites excluding steroid dienone is 2. The quantitative estimate of drug-likeness (QED) is 0.301. The lowest BCUT2D eigenvalue weighted by Gasteiger charge is -2.32. The summed E-state index contributed by atoms with van der Waals surface area (Å²) in [6, 6.07) is 4.75. The lowest BCUT2D eigenvalue weighted by atomic mass is 9.77. The predicted molar refractivity (Wildman–Crippen MR) is 124 cm³/mol. The van der Waals surface area contributed by atoms with Gasteiger partial charge in [-0.1, -0.05) is 12.2 Å². The van der Waals surface area contributed by atoms with E-state index in [-0.39, 0.29) is 41.7 Å². The van der Waals surface area contributed by atoms with Gasteiger partial charge in [0.25, 0.3) is 0 Å². The van der Waals surface area contributed by atoms with Gasteiger partial charge in [0, 0.05) is 11.6 Å². The van der Waals surface area contributed by atoms with Gasteiger partial charge in [0.05, 0.1) is 12.5 Å². The zero-order chi connectivity index (χ0) is 25.9. The van der Waals surface area contributed by atoms with Gasteiger partial charge in [-0.25, -0.2) is 17.6 Å². The summed E-state index contributed by atoms with van der Waals surface area (Å²) in [6.07, 6.45) is 5.24. The molecule has 2 fully saturated rings. The molecule has 2 nitrogen and oxygen atoms in total. The first kappa shape index (κ1) is 26.6. The predicted octanol–water partition coefficient (Wildman–Crippen LogP) is 8.04. The van der Waals surface area contributed by atoms with E-state index >= 15 is 0 Å². The Labute approximate surface area is 207 Å². The Balaban J connectivity index is 1.25. The summed E-state index contributed by atoms with van der Waals surface area (Å²) < 4.78 is 89.0. The van der Waals surface area contributed by atoms with Gasteiger partial charge in [0.15, 0.2) is 11.6 Å². The summed E-state index contributed by atoms with van der Waals surface area (Å²) in [5.41, 5.74) is 0.313. The van der Waals surface area contributed by atoms with Crippen LogP contribution in [0.15, 0.2) is 42.5 Å². The molecule has 2 aliphatic carbocycles. The molecule has 36 heavy (non-hydrogen) atoms. The van der Waals surface area contributed by atoms with E-state index in [9.17, 15) is 26.3 Å². The Hall–Kier alpha value is -2.48. The van der Waals surface area contributed by atoms with Crippen LogP contribution in [0.5, 0.6) is 5.75 Å². The van der Waals surface area contributed by atoms with Crippen LogP contribution in [0.25, 0.3) is 0 Å². The molecule has 0 radical (unpaired) electrons. The standard InChI is InChI=1S/C28H30F6O2/c29-23-12-11-22(15-24(23)30)36-28(33,34)21-9-5-18(6-10-21)2-1-17-3-7-20(8-4-17)27-25(31)13-19(16-35)14-26(27)32/h1-2,11-15,17-18,20-21,35H,3-10,16H2/b2-1+. The van der Waals surface area contributed by atoms with Crippen LogP contribution in [0, 0.1) is 41.0 Å². The first-order valence-electron chi connectivity index (χ1n) is 12.4. The molecule has 2 aromatic carbocycles. The van der Waals surface area contributed by atoms with Crippen molar-refractivity contribution >= 4 is 0 Å². The van der Waals surface area contributed by atoms with Gasteiger partial charge >= 0.3 is 6.11 Å². The maximum atomic E-state index is 14.6. The highest BCUT2D eigenvalue weighted by molar-refractivity contribution is 5.29. The molecule has 0 amide bonds. The third-order valence-electron chi connectivity index (χ3n) is 7.55. The third-order valence-corrected chi connectivity index (χ3v) is 7.55. The van der Waals surface area contributed by atoms with E-state index in [1.165, 1.54) is 12.1 Å². The molecular weight excluding hydrogens is 482 g/mol. The molecule has 0 aromatic heterocycles. The summed E-state index contributed by atoms with van der Waals surface area (Å²) in [4.78, 5) is 0. The molecule has 0 aliphatic heterocycles. The first-order chi connectivity index (χ1) is 17.2. The van der Waals surface area contributed by atoms with Crippen molar-refractivity contribution in [2.24, 2.45) is 17.8 Å². The maximum absolute atomic E-state index is 14.6. The molecule has 1 N–H and O–H groups in total. The van der Waals surface area contributed by atoms with E-state index in [0.717, 1.165) is 25.0 Å². The number of benzene rings is 2. The van der Waals surface area contributed by atoms with Crippen molar-refractivity contribution in [3.63, 3.8) is 0 Å². The Morgan fingerprint density at radius 1 is 0.750 bits per heavy atom. The number of aliphatic hydroxyl groups excluding tert-OH is 1. The van der Waals surface area contributed by atoms with Gasteiger partial charge < -0.3 is 9.84 Å². The van der Waals surface area contributed by atoms with Gasteiger partial charge in [-0.2, -0.15) is 8.78 Å². The largest absolute Gasteiger partial charge is 0.432 e. The Bertz CT molecular complexity index is 1050. The van der Waals surface area contributed by atoms with Crippen LogP contribution in [-0.4, -0.2) is 11.2 Å². The second-order valence-corrected chi connectivity index (χ2v) is 9.98.